The molecule has 1 fully saturated rings. The van der Waals surface area contributed by atoms with Crippen LogP contribution in [0.5, 0.6) is 0 Å². The summed E-state index contributed by atoms with van der Waals surface area (Å²) in [6, 6.07) is 4.00. The van der Waals surface area contributed by atoms with Gasteiger partial charge in [-0.05, 0) is 40.6 Å². The first-order valence-electron chi connectivity index (χ1n) is 4.64. The molecule has 4 heteroatoms. The molecule has 74 valence electrons. The molecule has 2 heterocycles. The fourth-order valence-corrected chi connectivity index (χ4v) is 1.91. The second-order valence-electron chi connectivity index (χ2n) is 3.41. The maximum absolute atomic E-state index is 11.3. The van der Waals surface area contributed by atoms with E-state index >= 15 is 0 Å². The van der Waals surface area contributed by atoms with E-state index in [1.807, 2.05) is 23.2 Å². The van der Waals surface area contributed by atoms with E-state index in [4.69, 9.17) is 0 Å². The van der Waals surface area contributed by atoms with Gasteiger partial charge in [0, 0.05) is 25.7 Å². The summed E-state index contributed by atoms with van der Waals surface area (Å²) in [5, 5.41) is 0. The number of amides is 1. The van der Waals surface area contributed by atoms with E-state index < -0.39 is 0 Å². The van der Waals surface area contributed by atoms with Gasteiger partial charge in [0.05, 0.1) is 0 Å². The van der Waals surface area contributed by atoms with Crippen LogP contribution in [0, 0.1) is 3.70 Å². The third-order valence-corrected chi connectivity index (χ3v) is 2.97. The van der Waals surface area contributed by atoms with Crippen molar-refractivity contribution in [1.82, 2.24) is 9.88 Å². The smallest absolute Gasteiger partial charge is 0.222 e. The number of aromatic nitrogens is 1. The molecule has 1 aliphatic heterocycles. The van der Waals surface area contributed by atoms with Crippen LogP contribution in [0.1, 0.15) is 18.4 Å². The van der Waals surface area contributed by atoms with Crippen LogP contribution in [0.2, 0.25) is 0 Å². The lowest BCUT2D eigenvalue weighted by Crippen LogP contribution is -2.23. The van der Waals surface area contributed by atoms with E-state index in [0.29, 0.717) is 13.0 Å². The molecule has 0 bridgehead atoms. The second kappa shape index (κ2) is 4.25. The number of halogens is 1. The zero-order chi connectivity index (χ0) is 9.97. The molecule has 0 aromatic carbocycles. The van der Waals surface area contributed by atoms with Crippen molar-refractivity contribution in [3.63, 3.8) is 0 Å². The van der Waals surface area contributed by atoms with Gasteiger partial charge in [-0.25, -0.2) is 4.98 Å². The second-order valence-corrected chi connectivity index (χ2v) is 4.51. The van der Waals surface area contributed by atoms with Crippen LogP contribution in [0.15, 0.2) is 18.3 Å². The lowest BCUT2D eigenvalue weighted by Gasteiger charge is -2.14. The molecule has 0 aliphatic carbocycles. The summed E-state index contributed by atoms with van der Waals surface area (Å²) in [4.78, 5) is 17.4. The minimum Gasteiger partial charge on any atom is -0.338 e. The molecule has 2 rings (SSSR count). The molecule has 14 heavy (non-hydrogen) atoms. The summed E-state index contributed by atoms with van der Waals surface area (Å²) >= 11 is 2.17. The fourth-order valence-electron chi connectivity index (χ4n) is 1.59. The lowest BCUT2D eigenvalue weighted by molar-refractivity contribution is -0.128. The Balaban J connectivity index is 2.03. The van der Waals surface area contributed by atoms with E-state index in [2.05, 4.69) is 27.6 Å². The van der Waals surface area contributed by atoms with Crippen LogP contribution < -0.4 is 0 Å². The average Bonchev–Trinajstić information content (AvgIpc) is 2.56. The summed E-state index contributed by atoms with van der Waals surface area (Å²) in [5.74, 6) is 0.267. The molecule has 0 spiro atoms. The number of carbonyl (C=O) groups is 1. The van der Waals surface area contributed by atoms with Crippen molar-refractivity contribution in [3.05, 3.63) is 27.6 Å². The first-order valence-corrected chi connectivity index (χ1v) is 5.72. The normalized spacial score (nSPS) is 16.4. The molecule has 3 nitrogen and oxygen atoms in total. The largest absolute Gasteiger partial charge is 0.338 e. The van der Waals surface area contributed by atoms with Gasteiger partial charge in [0.25, 0.3) is 0 Å². The minimum absolute atomic E-state index is 0.267. The number of likely N-dealkylation sites (tertiary alicyclic amines) is 1. The Bertz CT molecular complexity index is 336. The Labute approximate surface area is 96.7 Å². The molecule has 1 aromatic rings. The number of nitrogens with zero attached hydrogens (tertiary/aromatic N) is 2. The molecule has 1 amide bonds. The Morgan fingerprint density at radius 3 is 2.93 bits per heavy atom. The summed E-state index contributed by atoms with van der Waals surface area (Å²) in [6.45, 7) is 1.60. The number of pyridine rings is 1. The third-order valence-electron chi connectivity index (χ3n) is 2.33. The van der Waals surface area contributed by atoms with E-state index in [-0.39, 0.29) is 5.91 Å². The number of rotatable bonds is 2. The zero-order valence-corrected chi connectivity index (χ0v) is 9.90. The average molecular weight is 302 g/mol. The highest BCUT2D eigenvalue weighted by atomic mass is 127. The molecule has 0 unspecified atom stereocenters. The molecule has 0 N–H and O–H groups in total. The van der Waals surface area contributed by atoms with Crippen LogP contribution >= 0.6 is 22.6 Å². The molecular weight excluding hydrogens is 291 g/mol. The van der Waals surface area contributed by atoms with E-state index in [9.17, 15) is 4.79 Å². The van der Waals surface area contributed by atoms with Crippen LogP contribution in [-0.2, 0) is 11.3 Å². The standard InChI is InChI=1S/C10H11IN2O/c11-9-4-3-8(6-12-9)7-13-5-1-2-10(13)14/h3-4,6H,1-2,5,7H2. The maximum Gasteiger partial charge on any atom is 0.222 e. The topological polar surface area (TPSA) is 33.2 Å². The fraction of sp³-hybridized carbons (Fsp3) is 0.400. The highest BCUT2D eigenvalue weighted by molar-refractivity contribution is 14.1. The number of hydrogen-bond acceptors (Lipinski definition) is 2. The lowest BCUT2D eigenvalue weighted by atomic mass is 10.3. The van der Waals surface area contributed by atoms with Gasteiger partial charge in [0.2, 0.25) is 5.91 Å². The van der Waals surface area contributed by atoms with Gasteiger partial charge in [-0.2, -0.15) is 0 Å². The molecule has 1 aromatic heterocycles. The van der Waals surface area contributed by atoms with E-state index in [1.54, 1.807) is 0 Å². The van der Waals surface area contributed by atoms with Crippen molar-refractivity contribution in [2.75, 3.05) is 6.54 Å². The van der Waals surface area contributed by atoms with Crippen molar-refractivity contribution in [1.29, 1.82) is 0 Å². The molecule has 1 aliphatic rings. The SMILES string of the molecule is O=C1CCCN1Cc1ccc(I)nc1. The summed E-state index contributed by atoms with van der Waals surface area (Å²) < 4.78 is 0.985. The summed E-state index contributed by atoms with van der Waals surface area (Å²) in [7, 11) is 0. The Morgan fingerprint density at radius 2 is 2.36 bits per heavy atom. The maximum atomic E-state index is 11.3. The van der Waals surface area contributed by atoms with E-state index in [1.165, 1.54) is 0 Å². The third kappa shape index (κ3) is 2.23. The highest BCUT2D eigenvalue weighted by Gasteiger charge is 2.19. The predicted octanol–water partition coefficient (Wildman–Crippen LogP) is 1.81. The minimum atomic E-state index is 0.267. The predicted molar refractivity (Wildman–Crippen MR) is 61.6 cm³/mol. The van der Waals surface area contributed by atoms with Crippen LogP contribution in [0.4, 0.5) is 0 Å². The van der Waals surface area contributed by atoms with Gasteiger partial charge in [-0.3, -0.25) is 4.79 Å². The number of hydrogen-bond donors (Lipinski definition) is 0. The van der Waals surface area contributed by atoms with Gasteiger partial charge < -0.3 is 4.90 Å². The Morgan fingerprint density at radius 1 is 1.50 bits per heavy atom. The van der Waals surface area contributed by atoms with E-state index in [0.717, 1.165) is 22.2 Å². The molecule has 0 saturated carbocycles. The van der Waals surface area contributed by atoms with Crippen LogP contribution in [-0.4, -0.2) is 22.3 Å². The van der Waals surface area contributed by atoms with Crippen molar-refractivity contribution < 1.29 is 4.79 Å². The summed E-state index contributed by atoms with van der Waals surface area (Å²) in [5.41, 5.74) is 1.11. The van der Waals surface area contributed by atoms with Gasteiger partial charge in [-0.1, -0.05) is 6.07 Å². The van der Waals surface area contributed by atoms with Crippen molar-refractivity contribution in [2.45, 2.75) is 19.4 Å². The first kappa shape index (κ1) is 9.89. The monoisotopic (exact) mass is 302 g/mol. The molecule has 0 atom stereocenters. The number of carbonyl (C=O) groups excluding carboxylic acids is 1. The Hall–Kier alpha value is -0.650. The van der Waals surface area contributed by atoms with Crippen LogP contribution in [0.25, 0.3) is 0 Å². The van der Waals surface area contributed by atoms with Crippen molar-refractivity contribution >= 4 is 28.5 Å². The van der Waals surface area contributed by atoms with Crippen molar-refractivity contribution in [2.24, 2.45) is 0 Å². The molecule has 1 saturated heterocycles. The van der Waals surface area contributed by atoms with Gasteiger partial charge in [-0.15, -0.1) is 0 Å². The van der Waals surface area contributed by atoms with Gasteiger partial charge in [0.15, 0.2) is 0 Å². The Kier molecular flexibility index (Phi) is 3.00. The zero-order valence-electron chi connectivity index (χ0n) is 7.74. The van der Waals surface area contributed by atoms with Gasteiger partial charge in [0.1, 0.15) is 3.70 Å². The summed E-state index contributed by atoms with van der Waals surface area (Å²) in [6.07, 6.45) is 3.54. The van der Waals surface area contributed by atoms with Crippen molar-refractivity contribution in [3.8, 4) is 0 Å². The first-order chi connectivity index (χ1) is 6.75. The van der Waals surface area contributed by atoms with Crippen LogP contribution in [0.3, 0.4) is 0 Å². The highest BCUT2D eigenvalue weighted by Crippen LogP contribution is 2.13. The quantitative estimate of drug-likeness (QED) is 0.616. The molecule has 0 radical (unpaired) electrons. The molecular formula is C10H11IN2O. The van der Waals surface area contributed by atoms with Gasteiger partial charge >= 0.3 is 0 Å².